The molecule has 2 atom stereocenters. The third-order valence-corrected chi connectivity index (χ3v) is 5.69. The Balaban J connectivity index is 2.05. The fraction of sp³-hybridized carbons (Fsp3) is 0.500. The minimum atomic E-state index is -0.786. The van der Waals surface area contributed by atoms with Crippen LogP contribution in [0.3, 0.4) is 0 Å². The van der Waals surface area contributed by atoms with Crippen LogP contribution < -0.4 is 0 Å². The molecule has 0 saturated heterocycles. The third kappa shape index (κ3) is 4.15. The molecule has 1 aromatic carbocycles. The molecule has 5 nitrogen and oxygen atoms in total. The zero-order chi connectivity index (χ0) is 21.3. The molecule has 1 aliphatic rings. The quantitative estimate of drug-likeness (QED) is 0.748. The highest BCUT2D eigenvalue weighted by atomic mass is 19.1. The Kier molecular flexibility index (Phi) is 5.98. The molecule has 1 aliphatic carbocycles. The Hall–Kier alpha value is -2.41. The molecule has 1 unspecified atom stereocenters. The second kappa shape index (κ2) is 8.14. The van der Waals surface area contributed by atoms with Crippen LogP contribution in [0.25, 0.3) is 11.3 Å². The average molecular weight is 403 g/mol. The van der Waals surface area contributed by atoms with E-state index >= 15 is 0 Å². The second-order valence-electron chi connectivity index (χ2n) is 8.33. The van der Waals surface area contributed by atoms with Crippen molar-refractivity contribution < 1.29 is 18.3 Å². The number of hydrogen-bond acceptors (Lipinski definition) is 4. The normalized spacial score (nSPS) is 21.2. The largest absolute Gasteiger partial charge is 0.359 e. The summed E-state index contributed by atoms with van der Waals surface area (Å²) in [6.07, 6.45) is 1.51. The lowest BCUT2D eigenvalue weighted by Gasteiger charge is -2.39. The third-order valence-electron chi connectivity index (χ3n) is 5.69. The molecule has 3 rings (SSSR count). The van der Waals surface area contributed by atoms with Gasteiger partial charge >= 0.3 is 0 Å². The SMILES string of the molecule is CC(C)C1CC[C@](C)(OCC(=O)N(C)C)c2nnc(-c3c(F)cccc3F)cc21. The zero-order valence-corrected chi connectivity index (χ0v) is 17.5. The maximum Gasteiger partial charge on any atom is 0.248 e. The standard InChI is InChI=1S/C22H27F2N3O2/c1-13(2)14-9-10-22(3,29-12-19(28)27(4)5)21-15(14)11-18(25-26-21)20-16(23)7-6-8-17(20)24/h6-8,11,13-14H,9-10,12H2,1-5H3/t14?,22-/m0/s1. The Morgan fingerprint density at radius 1 is 1.28 bits per heavy atom. The molecule has 1 amide bonds. The molecule has 156 valence electrons. The highest BCUT2D eigenvalue weighted by Gasteiger charge is 2.41. The smallest absolute Gasteiger partial charge is 0.248 e. The molecule has 1 aromatic heterocycles. The Morgan fingerprint density at radius 3 is 2.52 bits per heavy atom. The summed E-state index contributed by atoms with van der Waals surface area (Å²) in [7, 11) is 3.35. The van der Waals surface area contributed by atoms with E-state index < -0.39 is 17.2 Å². The summed E-state index contributed by atoms with van der Waals surface area (Å²) in [6.45, 7) is 6.04. The van der Waals surface area contributed by atoms with E-state index in [1.54, 1.807) is 20.2 Å². The number of aromatic nitrogens is 2. The van der Waals surface area contributed by atoms with Crippen molar-refractivity contribution >= 4 is 5.91 Å². The van der Waals surface area contributed by atoms with Crippen molar-refractivity contribution in [3.8, 4) is 11.3 Å². The van der Waals surface area contributed by atoms with Crippen LogP contribution in [0.5, 0.6) is 0 Å². The van der Waals surface area contributed by atoms with Gasteiger partial charge in [0.05, 0.1) is 17.0 Å². The van der Waals surface area contributed by atoms with Crippen LogP contribution in [-0.2, 0) is 15.1 Å². The molecule has 2 aromatic rings. The monoisotopic (exact) mass is 403 g/mol. The number of carbonyl (C=O) groups excluding carboxylic acids is 1. The Bertz CT molecular complexity index is 897. The van der Waals surface area contributed by atoms with Crippen LogP contribution in [0.15, 0.2) is 24.3 Å². The first-order valence-electron chi connectivity index (χ1n) is 9.80. The van der Waals surface area contributed by atoms with Gasteiger partial charge in [0.1, 0.15) is 23.8 Å². The van der Waals surface area contributed by atoms with Crippen molar-refractivity contribution in [2.24, 2.45) is 5.92 Å². The number of hydrogen-bond donors (Lipinski definition) is 0. The average Bonchev–Trinajstić information content (AvgIpc) is 2.66. The van der Waals surface area contributed by atoms with Gasteiger partial charge in [0.25, 0.3) is 0 Å². The zero-order valence-electron chi connectivity index (χ0n) is 17.5. The van der Waals surface area contributed by atoms with Crippen molar-refractivity contribution in [2.45, 2.75) is 45.1 Å². The van der Waals surface area contributed by atoms with E-state index in [9.17, 15) is 13.6 Å². The molecule has 0 aliphatic heterocycles. The van der Waals surface area contributed by atoms with Gasteiger partial charge in [-0.15, -0.1) is 5.10 Å². The molecule has 0 fully saturated rings. The van der Waals surface area contributed by atoms with Crippen molar-refractivity contribution in [1.82, 2.24) is 15.1 Å². The minimum Gasteiger partial charge on any atom is -0.359 e. The minimum absolute atomic E-state index is 0.0688. The first kappa shape index (κ1) is 21.3. The van der Waals surface area contributed by atoms with Gasteiger partial charge in [-0.25, -0.2) is 8.78 Å². The number of amides is 1. The summed E-state index contributed by atoms with van der Waals surface area (Å²) in [4.78, 5) is 13.5. The van der Waals surface area contributed by atoms with Gasteiger partial charge in [0, 0.05) is 14.1 Å². The van der Waals surface area contributed by atoms with Crippen LogP contribution >= 0.6 is 0 Å². The van der Waals surface area contributed by atoms with Crippen LogP contribution in [0.1, 0.15) is 50.8 Å². The Labute approximate surface area is 170 Å². The molecular formula is C22H27F2N3O2. The molecule has 1 heterocycles. The summed E-state index contributed by atoms with van der Waals surface area (Å²) in [5, 5.41) is 8.48. The lowest BCUT2D eigenvalue weighted by atomic mass is 9.73. The van der Waals surface area contributed by atoms with Crippen LogP contribution in [-0.4, -0.2) is 41.7 Å². The highest BCUT2D eigenvalue weighted by Crippen LogP contribution is 2.46. The number of ether oxygens (including phenoxy) is 1. The maximum atomic E-state index is 14.3. The molecule has 0 saturated carbocycles. The Morgan fingerprint density at radius 2 is 1.93 bits per heavy atom. The summed E-state index contributed by atoms with van der Waals surface area (Å²) in [6, 6.07) is 5.46. The molecule has 29 heavy (non-hydrogen) atoms. The number of halogens is 2. The number of carbonyl (C=O) groups is 1. The molecule has 0 spiro atoms. The molecule has 0 radical (unpaired) electrons. The van der Waals surface area contributed by atoms with Crippen molar-refractivity contribution in [2.75, 3.05) is 20.7 Å². The van der Waals surface area contributed by atoms with E-state index in [1.807, 2.05) is 6.92 Å². The van der Waals surface area contributed by atoms with E-state index in [4.69, 9.17) is 4.74 Å². The van der Waals surface area contributed by atoms with E-state index in [0.29, 0.717) is 18.0 Å². The van der Waals surface area contributed by atoms with E-state index in [1.165, 1.54) is 23.1 Å². The highest BCUT2D eigenvalue weighted by molar-refractivity contribution is 5.76. The number of nitrogens with zero attached hydrogens (tertiary/aromatic N) is 3. The fourth-order valence-corrected chi connectivity index (χ4v) is 3.85. The second-order valence-corrected chi connectivity index (χ2v) is 8.33. The number of benzene rings is 1. The van der Waals surface area contributed by atoms with Gasteiger partial charge < -0.3 is 9.64 Å². The maximum absolute atomic E-state index is 14.3. The number of fused-ring (bicyclic) bond motifs is 1. The predicted molar refractivity (Wildman–Crippen MR) is 106 cm³/mol. The predicted octanol–water partition coefficient (Wildman–Crippen LogP) is 4.28. The lowest BCUT2D eigenvalue weighted by Crippen LogP contribution is -2.38. The van der Waals surface area contributed by atoms with Crippen LogP contribution in [0, 0.1) is 17.6 Å². The summed E-state index contributed by atoms with van der Waals surface area (Å²) < 4.78 is 34.6. The van der Waals surface area contributed by atoms with Crippen molar-refractivity contribution in [3.63, 3.8) is 0 Å². The number of rotatable bonds is 5. The molecule has 0 N–H and O–H groups in total. The molecular weight excluding hydrogens is 376 g/mol. The van der Waals surface area contributed by atoms with E-state index in [2.05, 4.69) is 24.0 Å². The van der Waals surface area contributed by atoms with Gasteiger partial charge in [-0.1, -0.05) is 19.9 Å². The topological polar surface area (TPSA) is 55.3 Å². The first-order valence-corrected chi connectivity index (χ1v) is 9.80. The van der Waals surface area contributed by atoms with Gasteiger partial charge in [-0.05, 0) is 55.4 Å². The van der Waals surface area contributed by atoms with E-state index in [-0.39, 0.29) is 29.7 Å². The van der Waals surface area contributed by atoms with Crippen molar-refractivity contribution in [3.05, 3.63) is 47.2 Å². The van der Waals surface area contributed by atoms with Gasteiger partial charge in [0.2, 0.25) is 5.91 Å². The first-order chi connectivity index (χ1) is 13.6. The van der Waals surface area contributed by atoms with Gasteiger partial charge in [-0.3, -0.25) is 4.79 Å². The molecule has 7 heteroatoms. The van der Waals surface area contributed by atoms with Crippen molar-refractivity contribution in [1.29, 1.82) is 0 Å². The number of likely N-dealkylation sites (N-methyl/N-ethyl adjacent to an activating group) is 1. The van der Waals surface area contributed by atoms with Crippen LogP contribution in [0.2, 0.25) is 0 Å². The summed E-state index contributed by atoms with van der Waals surface area (Å²) >= 11 is 0. The lowest BCUT2D eigenvalue weighted by molar-refractivity contribution is -0.142. The van der Waals surface area contributed by atoms with Crippen LogP contribution in [0.4, 0.5) is 8.78 Å². The molecule has 0 bridgehead atoms. The summed E-state index contributed by atoms with van der Waals surface area (Å²) in [5.74, 6) is -1.02. The van der Waals surface area contributed by atoms with E-state index in [0.717, 1.165) is 12.0 Å². The van der Waals surface area contributed by atoms with Gasteiger partial charge in [0.15, 0.2) is 0 Å². The summed E-state index contributed by atoms with van der Waals surface area (Å²) in [5.41, 5.74) is 0.708. The van der Waals surface area contributed by atoms with Gasteiger partial charge in [-0.2, -0.15) is 5.10 Å². The fourth-order valence-electron chi connectivity index (χ4n) is 3.85.